The molecule has 1 aromatic rings. The maximum atomic E-state index is 13.1. The second kappa shape index (κ2) is 7.01. The molecule has 0 aliphatic carbocycles. The van der Waals surface area contributed by atoms with E-state index in [1.807, 2.05) is 0 Å². The van der Waals surface area contributed by atoms with Crippen LogP contribution in [0, 0.1) is 17.1 Å². The SMILES string of the molecule is CN(C)C(=O)NCCNS(=O)(=O)c1ccc(F)c(C#N)c1. The van der Waals surface area contributed by atoms with Crippen LogP contribution in [0.2, 0.25) is 0 Å². The summed E-state index contributed by atoms with van der Waals surface area (Å²) in [6, 6.07) is 4.17. The van der Waals surface area contributed by atoms with Gasteiger partial charge in [-0.3, -0.25) is 0 Å². The van der Waals surface area contributed by atoms with Crippen LogP contribution in [0.1, 0.15) is 5.56 Å². The van der Waals surface area contributed by atoms with Crippen molar-refractivity contribution in [1.82, 2.24) is 14.9 Å². The summed E-state index contributed by atoms with van der Waals surface area (Å²) >= 11 is 0. The smallest absolute Gasteiger partial charge is 0.316 e. The van der Waals surface area contributed by atoms with E-state index in [4.69, 9.17) is 5.26 Å². The van der Waals surface area contributed by atoms with Gasteiger partial charge in [0.15, 0.2) is 0 Å². The molecule has 0 saturated heterocycles. The Labute approximate surface area is 122 Å². The zero-order chi connectivity index (χ0) is 16.0. The Morgan fingerprint density at radius 3 is 2.62 bits per heavy atom. The molecule has 1 rings (SSSR count). The van der Waals surface area contributed by atoms with Gasteiger partial charge in [0.25, 0.3) is 0 Å². The van der Waals surface area contributed by atoms with Crippen molar-refractivity contribution in [2.75, 3.05) is 27.2 Å². The van der Waals surface area contributed by atoms with Gasteiger partial charge in [0.1, 0.15) is 11.9 Å². The van der Waals surface area contributed by atoms with Crippen LogP contribution in [0.5, 0.6) is 0 Å². The van der Waals surface area contributed by atoms with Crippen LogP contribution in [-0.4, -0.2) is 46.5 Å². The molecule has 2 N–H and O–H groups in total. The number of rotatable bonds is 5. The van der Waals surface area contributed by atoms with Gasteiger partial charge in [-0.15, -0.1) is 0 Å². The zero-order valence-corrected chi connectivity index (χ0v) is 12.4. The second-order valence-electron chi connectivity index (χ2n) is 4.28. The Bertz CT molecular complexity index is 668. The molecule has 0 spiro atoms. The number of amides is 2. The van der Waals surface area contributed by atoms with Gasteiger partial charge in [-0.1, -0.05) is 0 Å². The van der Waals surface area contributed by atoms with Gasteiger partial charge in [-0.05, 0) is 18.2 Å². The molecular formula is C12H15FN4O3S. The summed E-state index contributed by atoms with van der Waals surface area (Å²) in [6.45, 7) is 0.0731. The van der Waals surface area contributed by atoms with E-state index in [2.05, 4.69) is 10.0 Å². The summed E-state index contributed by atoms with van der Waals surface area (Å²) in [5.41, 5.74) is -0.348. The average Bonchev–Trinajstić information content (AvgIpc) is 2.43. The van der Waals surface area contributed by atoms with E-state index in [1.165, 1.54) is 4.90 Å². The van der Waals surface area contributed by atoms with E-state index >= 15 is 0 Å². The highest BCUT2D eigenvalue weighted by Gasteiger charge is 2.16. The molecule has 1 aromatic carbocycles. The number of halogens is 1. The highest BCUT2D eigenvalue weighted by atomic mass is 32.2. The fraction of sp³-hybridized carbons (Fsp3) is 0.333. The average molecular weight is 314 g/mol. The highest BCUT2D eigenvalue weighted by molar-refractivity contribution is 7.89. The lowest BCUT2D eigenvalue weighted by Gasteiger charge is -2.12. The van der Waals surface area contributed by atoms with Gasteiger partial charge in [0, 0.05) is 27.2 Å². The van der Waals surface area contributed by atoms with Crippen molar-refractivity contribution in [3.8, 4) is 6.07 Å². The van der Waals surface area contributed by atoms with Gasteiger partial charge in [0.2, 0.25) is 10.0 Å². The Hall–Kier alpha value is -2.18. The van der Waals surface area contributed by atoms with Crippen molar-refractivity contribution in [2.24, 2.45) is 0 Å². The molecule has 2 amide bonds. The number of sulfonamides is 1. The lowest BCUT2D eigenvalue weighted by Crippen LogP contribution is -2.39. The van der Waals surface area contributed by atoms with Crippen molar-refractivity contribution in [2.45, 2.75) is 4.90 Å². The molecule has 21 heavy (non-hydrogen) atoms. The molecule has 7 nitrogen and oxygen atoms in total. The van der Waals surface area contributed by atoms with Gasteiger partial charge in [-0.25, -0.2) is 22.3 Å². The maximum absolute atomic E-state index is 13.1. The van der Waals surface area contributed by atoms with E-state index < -0.39 is 15.8 Å². The monoisotopic (exact) mass is 314 g/mol. The number of urea groups is 1. The van der Waals surface area contributed by atoms with Crippen molar-refractivity contribution >= 4 is 16.1 Å². The molecule has 0 heterocycles. The largest absolute Gasteiger partial charge is 0.337 e. The third-order valence-electron chi connectivity index (χ3n) is 2.47. The molecule has 0 fully saturated rings. The number of carbonyl (C=O) groups is 1. The number of hydrogen-bond acceptors (Lipinski definition) is 4. The predicted molar refractivity (Wildman–Crippen MR) is 73.4 cm³/mol. The van der Waals surface area contributed by atoms with Crippen molar-refractivity contribution in [1.29, 1.82) is 5.26 Å². The van der Waals surface area contributed by atoms with Crippen molar-refractivity contribution in [3.05, 3.63) is 29.6 Å². The Morgan fingerprint density at radius 2 is 2.05 bits per heavy atom. The van der Waals surface area contributed by atoms with Crippen LogP contribution in [0.3, 0.4) is 0 Å². The molecule has 0 bridgehead atoms. The number of nitriles is 1. The van der Waals surface area contributed by atoms with Crippen molar-refractivity contribution in [3.63, 3.8) is 0 Å². The zero-order valence-electron chi connectivity index (χ0n) is 11.6. The van der Waals surface area contributed by atoms with Crippen LogP contribution >= 0.6 is 0 Å². The van der Waals surface area contributed by atoms with Crippen molar-refractivity contribution < 1.29 is 17.6 Å². The topological polar surface area (TPSA) is 102 Å². The third kappa shape index (κ3) is 4.70. The number of carbonyl (C=O) groups excluding carboxylic acids is 1. The summed E-state index contributed by atoms with van der Waals surface area (Å²) in [5, 5.41) is 11.2. The first-order valence-electron chi connectivity index (χ1n) is 5.92. The molecule has 0 saturated carbocycles. The molecular weight excluding hydrogens is 299 g/mol. The molecule has 0 aliphatic heterocycles. The minimum absolute atomic E-state index is 0.0266. The lowest BCUT2D eigenvalue weighted by molar-refractivity contribution is 0.217. The summed E-state index contributed by atoms with van der Waals surface area (Å²) in [5.74, 6) is -0.783. The standard InChI is InChI=1S/C12H15FN4O3S/c1-17(2)12(18)15-5-6-16-21(19,20)10-3-4-11(13)9(7-10)8-14/h3-4,7,16H,5-6H2,1-2H3,(H,15,18). The summed E-state index contributed by atoms with van der Waals surface area (Å²) in [7, 11) is -0.747. The molecule has 0 aromatic heterocycles. The molecule has 0 atom stereocenters. The normalized spacial score (nSPS) is 10.8. The Balaban J connectivity index is 2.66. The maximum Gasteiger partial charge on any atom is 0.316 e. The fourth-order valence-corrected chi connectivity index (χ4v) is 2.41. The molecule has 9 heteroatoms. The first-order chi connectivity index (χ1) is 9.77. The first kappa shape index (κ1) is 16.9. The summed E-state index contributed by atoms with van der Waals surface area (Å²) in [6.07, 6.45) is 0. The number of hydrogen-bond donors (Lipinski definition) is 2. The molecule has 0 unspecified atom stereocenters. The minimum Gasteiger partial charge on any atom is -0.337 e. The number of benzene rings is 1. The van der Waals surface area contributed by atoms with Gasteiger partial charge >= 0.3 is 6.03 Å². The quantitative estimate of drug-likeness (QED) is 0.760. The van der Waals surface area contributed by atoms with E-state index in [-0.39, 0.29) is 29.6 Å². The van der Waals surface area contributed by atoms with Crippen LogP contribution in [-0.2, 0) is 10.0 Å². The molecule has 0 aliphatic rings. The van der Waals surface area contributed by atoms with Crippen LogP contribution in [0.25, 0.3) is 0 Å². The van der Waals surface area contributed by atoms with Crippen LogP contribution in [0.4, 0.5) is 9.18 Å². The summed E-state index contributed by atoms with van der Waals surface area (Å²) < 4.78 is 39.2. The number of nitrogens with one attached hydrogen (secondary N) is 2. The van der Waals surface area contributed by atoms with Gasteiger partial charge in [0.05, 0.1) is 10.5 Å². The first-order valence-corrected chi connectivity index (χ1v) is 7.40. The van der Waals surface area contributed by atoms with E-state index in [0.717, 1.165) is 18.2 Å². The van der Waals surface area contributed by atoms with E-state index in [0.29, 0.717) is 0 Å². The third-order valence-corrected chi connectivity index (χ3v) is 3.93. The Kier molecular flexibility index (Phi) is 5.63. The highest BCUT2D eigenvalue weighted by Crippen LogP contribution is 2.13. The van der Waals surface area contributed by atoms with E-state index in [1.54, 1.807) is 20.2 Å². The fourth-order valence-electron chi connectivity index (χ4n) is 1.35. The summed E-state index contributed by atoms with van der Waals surface area (Å²) in [4.78, 5) is 12.3. The van der Waals surface area contributed by atoms with Crippen LogP contribution in [0.15, 0.2) is 23.1 Å². The second-order valence-corrected chi connectivity index (χ2v) is 6.04. The Morgan fingerprint density at radius 1 is 1.38 bits per heavy atom. The number of nitrogens with zero attached hydrogens (tertiary/aromatic N) is 2. The van der Waals surface area contributed by atoms with Gasteiger partial charge < -0.3 is 10.2 Å². The van der Waals surface area contributed by atoms with E-state index in [9.17, 15) is 17.6 Å². The minimum atomic E-state index is -3.86. The molecule has 114 valence electrons. The van der Waals surface area contributed by atoms with Gasteiger partial charge in [-0.2, -0.15) is 5.26 Å². The molecule has 0 radical (unpaired) electrons. The van der Waals surface area contributed by atoms with Crippen LogP contribution < -0.4 is 10.0 Å². The predicted octanol–water partition coefficient (Wildman–Crippen LogP) is 0.247. The lowest BCUT2D eigenvalue weighted by atomic mass is 10.2.